The zero-order chi connectivity index (χ0) is 96.1. The summed E-state index contributed by atoms with van der Waals surface area (Å²) in [4.78, 5) is 119. The zero-order valence-electron chi connectivity index (χ0n) is 78.3. The summed E-state index contributed by atoms with van der Waals surface area (Å²) in [5, 5.41) is 133. The van der Waals surface area contributed by atoms with E-state index >= 15 is 0 Å². The quantitative estimate of drug-likeness (QED) is 0.0250. The van der Waals surface area contributed by atoms with Gasteiger partial charge in [-0.25, -0.2) is 29.9 Å². The van der Waals surface area contributed by atoms with Crippen LogP contribution in [0.4, 0.5) is 0 Å². The Morgan fingerprint density at radius 2 is 0.410 bits per heavy atom. The second kappa shape index (κ2) is 41.5. The number of nitrogens with zero attached hydrogens (tertiary/aromatic N) is 6. The van der Waals surface area contributed by atoms with Gasteiger partial charge in [0.1, 0.15) is 0 Å². The predicted molar refractivity (Wildman–Crippen MR) is 508 cm³/mol. The van der Waals surface area contributed by atoms with Crippen LogP contribution in [-0.4, -0.2) is 179 Å². The van der Waals surface area contributed by atoms with E-state index < -0.39 is 72.4 Å². The smallest absolute Gasteiger partial charge is 0.550 e. The second-order valence-electron chi connectivity index (χ2n) is 34.9. The molecule has 6 aliphatic rings. The number of aryl methyl sites for hydroxylation is 9. The summed E-state index contributed by atoms with van der Waals surface area (Å²) in [6.45, 7) is 32.9. The molecule has 0 aliphatic carbocycles. The molecule has 12 N–H and O–H groups in total. The maximum Gasteiger partial charge on any atom is 3.00 e. The Hall–Kier alpha value is -12.6. The van der Waals surface area contributed by atoms with Gasteiger partial charge in [0.15, 0.2) is 0 Å². The van der Waals surface area contributed by atoms with E-state index in [2.05, 4.69) is 29.9 Å². The molecule has 0 saturated heterocycles. The van der Waals surface area contributed by atoms with Crippen LogP contribution in [-0.2, 0) is 48.0 Å². The third-order valence-corrected chi connectivity index (χ3v) is 25.9. The number of hydrogen-bond donors (Lipinski definition) is 12. The molecule has 0 spiro atoms. The number of aromatic amines is 6. The third-order valence-electron chi connectivity index (χ3n) is 25.9. The van der Waals surface area contributed by atoms with Crippen LogP contribution in [0.15, 0.2) is 72.8 Å². The number of rotatable bonds is 24. The van der Waals surface area contributed by atoms with Crippen molar-refractivity contribution in [3.63, 3.8) is 0 Å². The van der Waals surface area contributed by atoms with Gasteiger partial charge in [-0.3, -0.25) is 0 Å². The third kappa shape index (κ3) is 21.2. The first-order valence-electron chi connectivity index (χ1n) is 44.0. The van der Waals surface area contributed by atoms with Gasteiger partial charge in [0.2, 0.25) is 0 Å². The van der Waals surface area contributed by atoms with Crippen LogP contribution < -0.4 is 30.6 Å². The van der Waals surface area contributed by atoms with Crippen molar-refractivity contribution in [2.24, 2.45) is 0 Å². The Balaban J connectivity index is 0.000000192. The first-order valence-corrected chi connectivity index (χ1v) is 44.0. The molecule has 0 aromatic carbocycles. The Bertz CT molecular complexity index is 6450. The molecule has 690 valence electrons. The molecule has 15 rings (SSSR count). The maximum atomic E-state index is 11.4. The normalized spacial score (nSPS) is 14.5. The van der Waals surface area contributed by atoms with Crippen LogP contribution in [0.1, 0.15) is 294 Å². The topological polar surface area (TPSA) is 534 Å². The van der Waals surface area contributed by atoms with E-state index in [0.29, 0.717) is 151 Å². The van der Waals surface area contributed by atoms with Crippen LogP contribution in [0.2, 0.25) is 0 Å². The number of aliphatic carboxylic acids is 6. The van der Waals surface area contributed by atoms with Crippen LogP contribution >= 0.6 is 0 Å². The Kier molecular flexibility index (Phi) is 31.6. The average Bonchev–Trinajstić information content (AvgIpc) is 1.62. The molecule has 30 nitrogen and oxygen atoms in total. The Morgan fingerprint density at radius 1 is 0.239 bits per heavy atom. The zero-order valence-corrected chi connectivity index (χ0v) is 80.6. The molecule has 0 radical (unpaired) electrons. The summed E-state index contributed by atoms with van der Waals surface area (Å²) in [6, 6.07) is 22.2. The van der Waals surface area contributed by atoms with Gasteiger partial charge in [0.05, 0.1) is 105 Å². The van der Waals surface area contributed by atoms with Crippen molar-refractivity contribution < 1.29 is 90.0 Å². The molecular formula is C102H108Al2N12O18. The van der Waals surface area contributed by atoms with E-state index in [1.54, 1.807) is 41.5 Å². The minimum atomic E-state index is -1.17. The SMILES string of the molecule is CC1=C(CCC(=O)[O-])c2cc3[nH]c(cc4nc(cc5[nH]c(cc1n2)c(C)c5C(C)O)C(C)=C4C(C)O)c(C)c3CCC(=O)[O-].CC1=C(CCC(=O)[O-])c2cc3[nH]c(cc4nc(cc5[nH]c(cc1n2)c(C)c5C(C)O)C(C)=C4C(C)O)c(C)c3CCC(=O)[O-].CC1=C(CCC(=O)[O-])c2cc3[nH]c(cc4nc(cc5[nH]c(cc1n2)c(C)c5C(C)O)C(C)=C4C(C)O)c(C)c3CCC(=O)[O-].[Al+3].[Al+3]. The van der Waals surface area contributed by atoms with E-state index in [-0.39, 0.29) is 112 Å². The molecule has 15 heterocycles. The van der Waals surface area contributed by atoms with Crippen molar-refractivity contribution in [2.45, 2.75) is 238 Å². The van der Waals surface area contributed by atoms with Gasteiger partial charge in [-0.15, -0.1) is 0 Å². The number of hydrogen-bond acceptors (Lipinski definition) is 24. The summed E-state index contributed by atoms with van der Waals surface area (Å²) < 4.78 is 0. The molecule has 0 fully saturated rings. The minimum Gasteiger partial charge on any atom is -0.550 e. The number of H-pyrrole nitrogens is 6. The number of nitrogens with one attached hydrogen (secondary N) is 6. The van der Waals surface area contributed by atoms with E-state index in [9.17, 15) is 90.0 Å². The maximum absolute atomic E-state index is 11.4. The molecular weight excluding hydrogens is 1740 g/mol. The molecule has 0 saturated carbocycles. The van der Waals surface area contributed by atoms with Gasteiger partial charge in [-0.2, -0.15) is 0 Å². The largest absolute Gasteiger partial charge is 3.00 e. The van der Waals surface area contributed by atoms with Gasteiger partial charge in [0, 0.05) is 135 Å². The molecule has 9 aromatic rings. The van der Waals surface area contributed by atoms with Crippen molar-refractivity contribution in [3.05, 3.63) is 208 Å². The average molecular weight is 1840 g/mol. The molecule has 134 heavy (non-hydrogen) atoms. The molecule has 32 heteroatoms. The fraction of sp³-hybridized carbons (Fsp3) is 0.353. The van der Waals surface area contributed by atoms with E-state index in [0.717, 1.165) is 117 Å². The molecule has 9 aromatic heterocycles. The summed E-state index contributed by atoms with van der Waals surface area (Å²) in [5.74, 6) is -7.02. The second-order valence-corrected chi connectivity index (χ2v) is 34.9. The summed E-state index contributed by atoms with van der Waals surface area (Å²) in [6.07, 6.45) is -4.69. The number of allylic oxidation sites excluding steroid dienone is 9. The number of aromatic nitrogens is 12. The minimum absolute atomic E-state index is 0. The number of carboxylic acid groups (broad SMARTS) is 6. The van der Waals surface area contributed by atoms with E-state index in [1.807, 2.05) is 156 Å². The summed E-state index contributed by atoms with van der Waals surface area (Å²) in [5.41, 5.74) is 33.8. The van der Waals surface area contributed by atoms with E-state index in [1.165, 1.54) is 0 Å². The number of aliphatic hydroxyl groups excluding tert-OH is 6. The standard InChI is InChI=1S/3C34H38N4O6.2Al/c3*1-15-21(7-9-31(41)42)27-14-28-22(8-10-32(43)44)16(2)24(36-28)12-29-34(20(6)40)18(4)26(38-29)13-30-33(19(5)39)17(3)25(37-30)11-23(15)35-27;;/h3*11-14,19-20,36-37,39-40H,7-10H2,1-6H3,(H,41,42)(H,43,44);;/q;;;2*+3/p-6. The fourth-order valence-electron chi connectivity index (χ4n) is 18.9. The van der Waals surface area contributed by atoms with Gasteiger partial charge in [-0.1, -0.05) is 0 Å². The number of aliphatic hydroxyl groups is 6. The number of carboxylic acids is 6. The predicted octanol–water partition coefficient (Wildman–Crippen LogP) is 9.56. The van der Waals surface area contributed by atoms with Gasteiger partial charge in [0.25, 0.3) is 0 Å². The number of carbonyl (C=O) groups excluding carboxylic acids is 6. The van der Waals surface area contributed by atoms with Crippen molar-refractivity contribution in [3.8, 4) is 0 Å². The van der Waals surface area contributed by atoms with Crippen molar-refractivity contribution in [1.82, 2.24) is 59.8 Å². The Labute approximate surface area is 794 Å². The molecule has 6 atom stereocenters. The molecule has 24 bridgehead atoms. The number of fused-ring (bicyclic) bond motifs is 24. The summed E-state index contributed by atoms with van der Waals surface area (Å²) >= 11 is 0. The fourth-order valence-corrected chi connectivity index (χ4v) is 18.9. The van der Waals surface area contributed by atoms with Crippen molar-refractivity contribution in [1.29, 1.82) is 0 Å². The molecule has 0 amide bonds. The van der Waals surface area contributed by atoms with Crippen LogP contribution in [0.25, 0.3) is 133 Å². The monoisotopic (exact) mass is 1840 g/mol. The van der Waals surface area contributed by atoms with Gasteiger partial charge >= 0.3 is 34.7 Å². The van der Waals surface area contributed by atoms with Gasteiger partial charge in [-0.05, 0) is 375 Å². The summed E-state index contributed by atoms with van der Waals surface area (Å²) in [7, 11) is 0. The van der Waals surface area contributed by atoms with E-state index in [4.69, 9.17) is 29.9 Å². The van der Waals surface area contributed by atoms with Crippen LogP contribution in [0.5, 0.6) is 0 Å². The van der Waals surface area contributed by atoms with Crippen molar-refractivity contribution in [2.75, 3.05) is 0 Å². The van der Waals surface area contributed by atoms with Gasteiger partial charge < -0.3 is 120 Å². The van der Waals surface area contributed by atoms with Crippen molar-refractivity contribution >= 4 is 204 Å². The molecule has 6 unspecified atom stereocenters. The first-order chi connectivity index (χ1) is 62.3. The Morgan fingerprint density at radius 3 is 0.619 bits per heavy atom. The number of carbonyl (C=O) groups is 6. The first kappa shape index (κ1) is 102. The molecule has 6 aliphatic heterocycles. The van der Waals surface area contributed by atoms with Crippen LogP contribution in [0, 0.1) is 41.5 Å². The van der Waals surface area contributed by atoms with Crippen LogP contribution in [0.3, 0.4) is 0 Å².